The molecule has 1 aromatic rings. The van der Waals surface area contributed by atoms with E-state index >= 15 is 0 Å². The molecule has 0 aliphatic rings. The average Bonchev–Trinajstić information content (AvgIpc) is 2.02. The lowest BCUT2D eigenvalue weighted by molar-refractivity contribution is -0.119. The maximum Gasteiger partial charge on any atom is 0.255 e. The van der Waals surface area contributed by atoms with Gasteiger partial charge in [-0.05, 0) is 18.2 Å². The number of carbonyl (C=O) groups excluding carboxylic acids is 1. The molecule has 0 saturated carbocycles. The number of primary amides is 1. The number of benzene rings is 1. The number of hydrogen-bond donors (Lipinski definition) is 1. The molecule has 1 aromatic carbocycles. The first-order valence-corrected chi connectivity index (χ1v) is 4.21. The van der Waals surface area contributed by atoms with Gasteiger partial charge in [-0.15, -0.1) is 0 Å². The molecule has 1 amide bonds. The molecule has 0 aromatic heterocycles. The van der Waals surface area contributed by atoms with Crippen molar-refractivity contribution in [2.24, 2.45) is 5.73 Å². The predicted molar refractivity (Wildman–Crippen MR) is 51.2 cm³/mol. The van der Waals surface area contributed by atoms with E-state index in [0.29, 0.717) is 15.8 Å². The van der Waals surface area contributed by atoms with E-state index in [2.05, 4.69) is 0 Å². The van der Waals surface area contributed by atoms with Crippen molar-refractivity contribution in [3.8, 4) is 5.75 Å². The zero-order valence-electron chi connectivity index (χ0n) is 6.59. The molecule has 0 aliphatic heterocycles. The van der Waals surface area contributed by atoms with Gasteiger partial charge in [-0.3, -0.25) is 4.79 Å². The first kappa shape index (κ1) is 10.2. The van der Waals surface area contributed by atoms with Crippen molar-refractivity contribution < 1.29 is 9.53 Å². The summed E-state index contributed by atoms with van der Waals surface area (Å²) in [5.74, 6) is -0.157. The van der Waals surface area contributed by atoms with Crippen LogP contribution in [-0.4, -0.2) is 12.5 Å². The fourth-order valence-electron chi connectivity index (χ4n) is 0.741. The van der Waals surface area contributed by atoms with E-state index in [4.69, 9.17) is 33.7 Å². The van der Waals surface area contributed by atoms with Gasteiger partial charge in [0.05, 0.1) is 5.02 Å². The summed E-state index contributed by atoms with van der Waals surface area (Å²) in [4.78, 5) is 10.4. The van der Waals surface area contributed by atoms with Crippen molar-refractivity contribution in [2.75, 3.05) is 6.61 Å². The minimum absolute atomic E-state index is 0.193. The molecule has 13 heavy (non-hydrogen) atoms. The van der Waals surface area contributed by atoms with Crippen molar-refractivity contribution in [2.45, 2.75) is 0 Å². The molecule has 3 nitrogen and oxygen atoms in total. The monoisotopic (exact) mass is 219 g/mol. The minimum atomic E-state index is -0.550. The van der Waals surface area contributed by atoms with Gasteiger partial charge >= 0.3 is 0 Å². The molecule has 0 heterocycles. The van der Waals surface area contributed by atoms with Gasteiger partial charge in [0.1, 0.15) is 5.75 Å². The highest BCUT2D eigenvalue weighted by Gasteiger charge is 2.03. The standard InChI is InChI=1S/C8H7Cl2NO2/c9-5-1-2-7(6(10)3-5)13-4-8(11)12/h1-3H,4H2,(H2,11,12). The Hall–Kier alpha value is -0.930. The number of halogens is 2. The Morgan fingerprint density at radius 2 is 2.15 bits per heavy atom. The molecule has 0 fully saturated rings. The van der Waals surface area contributed by atoms with Crippen molar-refractivity contribution in [1.29, 1.82) is 0 Å². The molecule has 0 bridgehead atoms. The highest BCUT2D eigenvalue weighted by molar-refractivity contribution is 6.35. The van der Waals surface area contributed by atoms with E-state index in [9.17, 15) is 4.79 Å². The van der Waals surface area contributed by atoms with E-state index in [1.54, 1.807) is 12.1 Å². The number of hydrogen-bond acceptors (Lipinski definition) is 2. The molecule has 1 rings (SSSR count). The maximum atomic E-state index is 10.4. The lowest BCUT2D eigenvalue weighted by Gasteiger charge is -2.05. The van der Waals surface area contributed by atoms with Crippen LogP contribution >= 0.6 is 23.2 Å². The van der Waals surface area contributed by atoms with Crippen LogP contribution in [-0.2, 0) is 4.79 Å². The Bertz CT molecular complexity index is 328. The zero-order chi connectivity index (χ0) is 9.84. The third kappa shape index (κ3) is 3.13. The molecule has 2 N–H and O–H groups in total. The minimum Gasteiger partial charge on any atom is -0.482 e. The number of ether oxygens (including phenoxy) is 1. The van der Waals surface area contributed by atoms with Crippen LogP contribution in [0.5, 0.6) is 5.75 Å². The fraction of sp³-hybridized carbons (Fsp3) is 0.125. The highest BCUT2D eigenvalue weighted by atomic mass is 35.5. The molecule has 0 unspecified atom stereocenters. The predicted octanol–water partition coefficient (Wildman–Crippen LogP) is 1.86. The van der Waals surface area contributed by atoms with Gasteiger partial charge < -0.3 is 10.5 Å². The molecule has 70 valence electrons. The second-order valence-corrected chi connectivity index (χ2v) is 3.17. The van der Waals surface area contributed by atoms with Crippen LogP contribution in [0, 0.1) is 0 Å². The van der Waals surface area contributed by atoms with Crippen LogP contribution in [0.3, 0.4) is 0 Å². The largest absolute Gasteiger partial charge is 0.482 e. The summed E-state index contributed by atoms with van der Waals surface area (Å²) in [5, 5.41) is 0.866. The van der Waals surface area contributed by atoms with Gasteiger partial charge in [0.15, 0.2) is 6.61 Å². The van der Waals surface area contributed by atoms with Gasteiger partial charge in [0.2, 0.25) is 0 Å². The summed E-state index contributed by atoms with van der Waals surface area (Å²) in [6, 6.07) is 4.72. The van der Waals surface area contributed by atoms with Crippen molar-refractivity contribution in [3.05, 3.63) is 28.2 Å². The van der Waals surface area contributed by atoms with Crippen LogP contribution in [0.2, 0.25) is 10.0 Å². The second kappa shape index (κ2) is 4.35. The van der Waals surface area contributed by atoms with Gasteiger partial charge in [-0.25, -0.2) is 0 Å². The number of carbonyl (C=O) groups is 1. The second-order valence-electron chi connectivity index (χ2n) is 2.33. The molecule has 0 aliphatic carbocycles. The van der Waals surface area contributed by atoms with Crippen LogP contribution in [0.25, 0.3) is 0 Å². The molecule has 0 atom stereocenters. The Balaban J connectivity index is 2.72. The molecule has 0 spiro atoms. The summed E-state index contributed by atoms with van der Waals surface area (Å²) in [7, 11) is 0. The van der Waals surface area contributed by atoms with Crippen molar-refractivity contribution in [1.82, 2.24) is 0 Å². The number of nitrogens with two attached hydrogens (primary N) is 1. The quantitative estimate of drug-likeness (QED) is 0.844. The number of rotatable bonds is 3. The lowest BCUT2D eigenvalue weighted by Crippen LogP contribution is -2.20. The maximum absolute atomic E-state index is 10.4. The van der Waals surface area contributed by atoms with Crippen LogP contribution in [0.15, 0.2) is 18.2 Å². The molecular formula is C8H7Cl2NO2. The van der Waals surface area contributed by atoms with E-state index < -0.39 is 5.91 Å². The Kier molecular flexibility index (Phi) is 3.39. The summed E-state index contributed by atoms with van der Waals surface area (Å²) in [6.45, 7) is -0.193. The molecular weight excluding hydrogens is 213 g/mol. The Morgan fingerprint density at radius 3 is 2.69 bits per heavy atom. The molecule has 5 heteroatoms. The normalized spacial score (nSPS) is 9.69. The van der Waals surface area contributed by atoms with Crippen LogP contribution < -0.4 is 10.5 Å². The molecule has 0 saturated heterocycles. The summed E-state index contributed by atoms with van der Waals surface area (Å²) >= 11 is 11.4. The van der Waals surface area contributed by atoms with Crippen LogP contribution in [0.1, 0.15) is 0 Å². The third-order valence-electron chi connectivity index (χ3n) is 1.26. The topological polar surface area (TPSA) is 52.3 Å². The van der Waals surface area contributed by atoms with E-state index in [1.165, 1.54) is 6.07 Å². The van der Waals surface area contributed by atoms with Gasteiger partial charge in [-0.1, -0.05) is 23.2 Å². The van der Waals surface area contributed by atoms with E-state index in [-0.39, 0.29) is 6.61 Å². The SMILES string of the molecule is NC(=O)COc1ccc(Cl)cc1Cl. The fourth-order valence-corrected chi connectivity index (χ4v) is 1.20. The zero-order valence-corrected chi connectivity index (χ0v) is 8.10. The average molecular weight is 220 g/mol. The van der Waals surface area contributed by atoms with Gasteiger partial charge in [0, 0.05) is 5.02 Å². The van der Waals surface area contributed by atoms with E-state index in [1.807, 2.05) is 0 Å². The highest BCUT2D eigenvalue weighted by Crippen LogP contribution is 2.27. The third-order valence-corrected chi connectivity index (χ3v) is 1.79. The number of amides is 1. The van der Waals surface area contributed by atoms with E-state index in [0.717, 1.165) is 0 Å². The Morgan fingerprint density at radius 1 is 1.46 bits per heavy atom. The smallest absolute Gasteiger partial charge is 0.255 e. The summed E-state index contributed by atoms with van der Waals surface area (Å²) in [6.07, 6.45) is 0. The van der Waals surface area contributed by atoms with Crippen LogP contribution in [0.4, 0.5) is 0 Å². The Labute approximate surface area is 85.4 Å². The molecule has 0 radical (unpaired) electrons. The van der Waals surface area contributed by atoms with Crippen molar-refractivity contribution >= 4 is 29.1 Å². The van der Waals surface area contributed by atoms with Gasteiger partial charge in [-0.2, -0.15) is 0 Å². The first-order valence-electron chi connectivity index (χ1n) is 3.46. The van der Waals surface area contributed by atoms with Gasteiger partial charge in [0.25, 0.3) is 5.91 Å². The lowest BCUT2D eigenvalue weighted by atomic mass is 10.3. The summed E-state index contributed by atoms with van der Waals surface area (Å²) < 4.78 is 4.99. The summed E-state index contributed by atoms with van der Waals surface area (Å²) in [5.41, 5.74) is 4.89. The van der Waals surface area contributed by atoms with Crippen molar-refractivity contribution in [3.63, 3.8) is 0 Å². The first-order chi connectivity index (χ1) is 6.09.